The summed E-state index contributed by atoms with van der Waals surface area (Å²) in [5, 5.41) is 8.10. The smallest absolute Gasteiger partial charge is 0.256 e. The molecular formula is C28H19Cl2N3O. The molecule has 4 aromatic carbocycles. The van der Waals surface area contributed by atoms with E-state index in [1.165, 1.54) is 0 Å². The Kier molecular flexibility index (Phi) is 6.17. The molecule has 0 aliphatic rings. The van der Waals surface area contributed by atoms with Crippen LogP contribution >= 0.6 is 23.2 Å². The van der Waals surface area contributed by atoms with E-state index in [-0.39, 0.29) is 5.91 Å². The standard InChI is InChI=1S/C28H19Cl2N3O/c29-18-10-15-23(25(30)16-18)27-17-24(22-8-4-5-9-26(22)33-27)28(34)32-21-13-11-20(12-14-21)31-19-6-2-1-3-7-19/h1-17,31H,(H,32,34). The number of amides is 1. The molecule has 0 bridgehead atoms. The van der Waals surface area contributed by atoms with Gasteiger partial charge in [-0.3, -0.25) is 4.79 Å². The van der Waals surface area contributed by atoms with Gasteiger partial charge < -0.3 is 10.6 Å². The Hall–Kier alpha value is -3.86. The Morgan fingerprint density at radius 2 is 1.38 bits per heavy atom. The largest absolute Gasteiger partial charge is 0.356 e. The highest BCUT2D eigenvalue weighted by Gasteiger charge is 2.16. The van der Waals surface area contributed by atoms with Gasteiger partial charge in [-0.2, -0.15) is 0 Å². The van der Waals surface area contributed by atoms with Gasteiger partial charge in [0.15, 0.2) is 0 Å². The Labute approximate surface area is 207 Å². The summed E-state index contributed by atoms with van der Waals surface area (Å²) in [6, 6.07) is 32.0. The number of carbonyl (C=O) groups excluding carboxylic acids is 1. The number of aromatic nitrogens is 1. The molecule has 2 N–H and O–H groups in total. The highest BCUT2D eigenvalue weighted by molar-refractivity contribution is 6.36. The van der Waals surface area contributed by atoms with E-state index in [1.54, 1.807) is 18.2 Å². The van der Waals surface area contributed by atoms with Crippen molar-refractivity contribution in [3.8, 4) is 11.3 Å². The van der Waals surface area contributed by atoms with E-state index in [9.17, 15) is 4.79 Å². The van der Waals surface area contributed by atoms with Crippen molar-refractivity contribution >= 4 is 57.1 Å². The second-order valence-corrected chi connectivity index (χ2v) is 8.56. The van der Waals surface area contributed by atoms with Crippen LogP contribution in [0.3, 0.4) is 0 Å². The molecule has 4 nitrogen and oxygen atoms in total. The van der Waals surface area contributed by atoms with E-state index in [1.807, 2.05) is 84.9 Å². The van der Waals surface area contributed by atoms with Gasteiger partial charge in [-0.25, -0.2) is 4.98 Å². The number of nitrogens with one attached hydrogen (secondary N) is 2. The summed E-state index contributed by atoms with van der Waals surface area (Å²) in [7, 11) is 0. The summed E-state index contributed by atoms with van der Waals surface area (Å²) in [4.78, 5) is 18.0. The maximum atomic E-state index is 13.3. The third kappa shape index (κ3) is 4.74. The summed E-state index contributed by atoms with van der Waals surface area (Å²) >= 11 is 12.5. The lowest BCUT2D eigenvalue weighted by Crippen LogP contribution is -2.13. The first-order chi connectivity index (χ1) is 16.6. The Morgan fingerprint density at radius 1 is 0.706 bits per heavy atom. The average molecular weight is 484 g/mol. The predicted molar refractivity (Wildman–Crippen MR) is 141 cm³/mol. The number of benzene rings is 4. The number of hydrogen-bond acceptors (Lipinski definition) is 3. The molecule has 1 aromatic heterocycles. The Bertz CT molecular complexity index is 1490. The zero-order valence-corrected chi connectivity index (χ0v) is 19.4. The summed E-state index contributed by atoms with van der Waals surface area (Å²) < 4.78 is 0. The molecule has 0 spiro atoms. The lowest BCUT2D eigenvalue weighted by atomic mass is 10.0. The third-order valence-corrected chi connectivity index (χ3v) is 5.92. The number of anilines is 3. The SMILES string of the molecule is O=C(Nc1ccc(Nc2ccccc2)cc1)c1cc(-c2ccc(Cl)cc2Cl)nc2ccccc12. The number of carbonyl (C=O) groups is 1. The zero-order valence-electron chi connectivity index (χ0n) is 17.9. The Balaban J connectivity index is 1.44. The van der Waals surface area contributed by atoms with Crippen LogP contribution < -0.4 is 10.6 Å². The third-order valence-electron chi connectivity index (χ3n) is 5.37. The first kappa shape index (κ1) is 22.0. The summed E-state index contributed by atoms with van der Waals surface area (Å²) in [5.74, 6) is -0.228. The summed E-state index contributed by atoms with van der Waals surface area (Å²) in [5.41, 5.74) is 5.15. The predicted octanol–water partition coefficient (Wildman–Crippen LogP) is 8.20. The minimum atomic E-state index is -0.228. The van der Waals surface area contributed by atoms with Gasteiger partial charge in [0.1, 0.15) is 0 Å². The number of pyridine rings is 1. The van der Waals surface area contributed by atoms with Crippen molar-refractivity contribution < 1.29 is 4.79 Å². The van der Waals surface area contributed by atoms with E-state index in [2.05, 4.69) is 10.6 Å². The molecule has 1 heterocycles. The van der Waals surface area contributed by atoms with Gasteiger partial charge >= 0.3 is 0 Å². The lowest BCUT2D eigenvalue weighted by Gasteiger charge is -2.12. The molecular weight excluding hydrogens is 465 g/mol. The second kappa shape index (κ2) is 9.56. The molecule has 34 heavy (non-hydrogen) atoms. The van der Waals surface area contributed by atoms with Crippen LogP contribution in [0.15, 0.2) is 103 Å². The fourth-order valence-electron chi connectivity index (χ4n) is 3.72. The van der Waals surface area contributed by atoms with Crippen molar-refractivity contribution in [3.63, 3.8) is 0 Å². The summed E-state index contributed by atoms with van der Waals surface area (Å²) in [6.45, 7) is 0. The molecule has 0 radical (unpaired) electrons. The fraction of sp³-hybridized carbons (Fsp3) is 0. The van der Waals surface area contributed by atoms with Crippen molar-refractivity contribution in [1.82, 2.24) is 4.98 Å². The van der Waals surface area contributed by atoms with E-state index < -0.39 is 0 Å². The van der Waals surface area contributed by atoms with Gasteiger partial charge in [0, 0.05) is 33.0 Å². The van der Waals surface area contributed by atoms with Crippen molar-refractivity contribution in [2.45, 2.75) is 0 Å². The van der Waals surface area contributed by atoms with Gasteiger partial charge in [0.25, 0.3) is 5.91 Å². The van der Waals surface area contributed by atoms with Crippen LogP contribution in [0, 0.1) is 0 Å². The molecule has 0 aliphatic carbocycles. The van der Waals surface area contributed by atoms with Crippen LogP contribution in [0.2, 0.25) is 10.0 Å². The maximum Gasteiger partial charge on any atom is 0.256 e. The van der Waals surface area contributed by atoms with Gasteiger partial charge in [0.2, 0.25) is 0 Å². The zero-order chi connectivity index (χ0) is 23.5. The molecule has 0 unspecified atom stereocenters. The molecule has 0 atom stereocenters. The van der Waals surface area contributed by atoms with Crippen LogP contribution in [-0.2, 0) is 0 Å². The second-order valence-electron chi connectivity index (χ2n) is 7.72. The van der Waals surface area contributed by atoms with Gasteiger partial charge in [-0.15, -0.1) is 0 Å². The van der Waals surface area contributed by atoms with Gasteiger partial charge in [-0.1, -0.05) is 59.6 Å². The molecule has 0 fully saturated rings. The topological polar surface area (TPSA) is 54.0 Å². The van der Waals surface area contributed by atoms with Crippen LogP contribution in [0.4, 0.5) is 17.1 Å². The molecule has 6 heteroatoms. The average Bonchev–Trinajstić information content (AvgIpc) is 2.85. The number of fused-ring (bicyclic) bond motifs is 1. The Morgan fingerprint density at radius 3 is 2.15 bits per heavy atom. The van der Waals surface area contributed by atoms with Crippen molar-refractivity contribution in [1.29, 1.82) is 0 Å². The van der Waals surface area contributed by atoms with Crippen molar-refractivity contribution in [3.05, 3.63) is 119 Å². The molecule has 0 aliphatic heterocycles. The van der Waals surface area contributed by atoms with Gasteiger partial charge in [-0.05, 0) is 66.7 Å². The van der Waals surface area contributed by atoms with Crippen molar-refractivity contribution in [2.24, 2.45) is 0 Å². The molecule has 1 amide bonds. The van der Waals surface area contributed by atoms with Crippen LogP contribution in [0.1, 0.15) is 10.4 Å². The minimum absolute atomic E-state index is 0.228. The maximum absolute atomic E-state index is 13.3. The molecule has 0 saturated heterocycles. The number of nitrogens with zero attached hydrogens (tertiary/aromatic N) is 1. The molecule has 166 valence electrons. The quantitative estimate of drug-likeness (QED) is 0.264. The number of hydrogen-bond donors (Lipinski definition) is 2. The first-order valence-electron chi connectivity index (χ1n) is 10.7. The summed E-state index contributed by atoms with van der Waals surface area (Å²) in [6.07, 6.45) is 0. The minimum Gasteiger partial charge on any atom is -0.356 e. The fourth-order valence-corrected chi connectivity index (χ4v) is 4.23. The normalized spacial score (nSPS) is 10.8. The number of para-hydroxylation sites is 2. The lowest BCUT2D eigenvalue weighted by molar-refractivity contribution is 0.102. The van der Waals surface area contributed by atoms with Crippen molar-refractivity contribution in [2.75, 3.05) is 10.6 Å². The first-order valence-corrected chi connectivity index (χ1v) is 11.4. The van der Waals surface area contributed by atoms with E-state index in [0.717, 1.165) is 16.8 Å². The van der Waals surface area contributed by atoms with Crippen LogP contribution in [0.5, 0.6) is 0 Å². The highest BCUT2D eigenvalue weighted by Crippen LogP contribution is 2.32. The van der Waals surface area contributed by atoms with Crippen LogP contribution in [0.25, 0.3) is 22.2 Å². The van der Waals surface area contributed by atoms with Crippen LogP contribution in [-0.4, -0.2) is 10.9 Å². The molecule has 5 rings (SSSR count). The van der Waals surface area contributed by atoms with Gasteiger partial charge in [0.05, 0.1) is 21.8 Å². The van der Waals surface area contributed by atoms with E-state index in [4.69, 9.17) is 28.2 Å². The highest BCUT2D eigenvalue weighted by atomic mass is 35.5. The molecule has 5 aromatic rings. The van der Waals surface area contributed by atoms with E-state index >= 15 is 0 Å². The molecule has 0 saturated carbocycles. The number of halogens is 2. The monoisotopic (exact) mass is 483 g/mol. The number of rotatable bonds is 5. The van der Waals surface area contributed by atoms with E-state index in [0.29, 0.717) is 38.1 Å².